The van der Waals surface area contributed by atoms with Crippen molar-refractivity contribution in [2.45, 2.75) is 19.6 Å². The number of furan rings is 1. The highest BCUT2D eigenvalue weighted by Crippen LogP contribution is 2.19. The Morgan fingerprint density at radius 1 is 1.40 bits per heavy atom. The van der Waals surface area contributed by atoms with Gasteiger partial charge in [0, 0.05) is 17.3 Å². The number of rotatable bonds is 7. The van der Waals surface area contributed by atoms with Gasteiger partial charge in [-0.25, -0.2) is 0 Å². The van der Waals surface area contributed by atoms with Crippen LogP contribution in [0.3, 0.4) is 0 Å². The summed E-state index contributed by atoms with van der Waals surface area (Å²) in [6, 6.07) is 9.25. The lowest BCUT2D eigenvalue weighted by Crippen LogP contribution is -2.25. The molecule has 0 aliphatic carbocycles. The minimum absolute atomic E-state index is 0.243. The van der Waals surface area contributed by atoms with Gasteiger partial charge >= 0.3 is 0 Å². The zero-order chi connectivity index (χ0) is 14.4. The van der Waals surface area contributed by atoms with Crippen molar-refractivity contribution in [3.8, 4) is 0 Å². The van der Waals surface area contributed by atoms with Crippen molar-refractivity contribution >= 4 is 17.3 Å². The van der Waals surface area contributed by atoms with Crippen LogP contribution >= 0.6 is 11.6 Å². The SMILES string of the molecule is Cc1ccc(Cl)cc1NCC(O)COCc1ccco1. The number of benzene rings is 1. The summed E-state index contributed by atoms with van der Waals surface area (Å²) in [4.78, 5) is 0. The van der Waals surface area contributed by atoms with Crippen LogP contribution in [0, 0.1) is 6.92 Å². The number of aliphatic hydroxyl groups excluding tert-OH is 1. The lowest BCUT2D eigenvalue weighted by atomic mass is 10.2. The van der Waals surface area contributed by atoms with Gasteiger partial charge in [-0.2, -0.15) is 0 Å². The molecule has 108 valence electrons. The molecule has 2 rings (SSSR count). The van der Waals surface area contributed by atoms with Gasteiger partial charge in [0.05, 0.1) is 19.0 Å². The number of halogens is 1. The predicted molar refractivity (Wildman–Crippen MR) is 79.0 cm³/mol. The van der Waals surface area contributed by atoms with Crippen molar-refractivity contribution < 1.29 is 14.3 Å². The molecule has 0 aliphatic rings. The van der Waals surface area contributed by atoms with Gasteiger partial charge in [-0.1, -0.05) is 17.7 Å². The zero-order valence-corrected chi connectivity index (χ0v) is 12.1. The van der Waals surface area contributed by atoms with Crippen molar-refractivity contribution in [2.24, 2.45) is 0 Å². The molecule has 1 unspecified atom stereocenters. The van der Waals surface area contributed by atoms with Crippen LogP contribution in [0.1, 0.15) is 11.3 Å². The molecule has 0 bridgehead atoms. The Labute approximate surface area is 123 Å². The molecule has 0 radical (unpaired) electrons. The lowest BCUT2D eigenvalue weighted by Gasteiger charge is -2.14. The normalized spacial score (nSPS) is 12.3. The standard InChI is InChI=1S/C15H18ClNO3/c1-11-4-5-12(16)7-15(11)17-8-13(18)9-19-10-14-3-2-6-20-14/h2-7,13,17-18H,8-10H2,1H3. The van der Waals surface area contributed by atoms with E-state index in [1.807, 2.05) is 31.2 Å². The van der Waals surface area contributed by atoms with Crippen LogP contribution in [0.2, 0.25) is 5.02 Å². The summed E-state index contributed by atoms with van der Waals surface area (Å²) >= 11 is 5.94. The first-order valence-corrected chi connectivity index (χ1v) is 6.81. The van der Waals surface area contributed by atoms with Gasteiger partial charge in [-0.3, -0.25) is 0 Å². The molecule has 0 aliphatic heterocycles. The van der Waals surface area contributed by atoms with Crippen LogP contribution in [0.4, 0.5) is 5.69 Å². The van der Waals surface area contributed by atoms with Crippen molar-refractivity contribution in [3.63, 3.8) is 0 Å². The van der Waals surface area contributed by atoms with Gasteiger partial charge in [0.1, 0.15) is 12.4 Å². The topological polar surface area (TPSA) is 54.6 Å². The molecule has 0 saturated heterocycles. The average Bonchev–Trinajstić information content (AvgIpc) is 2.93. The predicted octanol–water partition coefficient (Wildman–Crippen LogP) is 3.23. The molecule has 0 saturated carbocycles. The molecular weight excluding hydrogens is 278 g/mol. The minimum atomic E-state index is -0.594. The van der Waals surface area contributed by atoms with Gasteiger partial charge in [-0.15, -0.1) is 0 Å². The molecule has 2 N–H and O–H groups in total. The lowest BCUT2D eigenvalue weighted by molar-refractivity contribution is 0.0282. The minimum Gasteiger partial charge on any atom is -0.467 e. The third-order valence-corrected chi connectivity index (χ3v) is 3.10. The van der Waals surface area contributed by atoms with Crippen molar-refractivity contribution in [3.05, 3.63) is 52.9 Å². The molecule has 1 aromatic carbocycles. The van der Waals surface area contributed by atoms with E-state index in [0.717, 1.165) is 17.0 Å². The van der Waals surface area contributed by atoms with Crippen LogP contribution in [-0.4, -0.2) is 24.4 Å². The summed E-state index contributed by atoms with van der Waals surface area (Å²) in [5.74, 6) is 0.746. The first-order chi connectivity index (χ1) is 9.65. The molecule has 0 fully saturated rings. The molecule has 20 heavy (non-hydrogen) atoms. The van der Waals surface area contributed by atoms with Gasteiger partial charge in [0.15, 0.2) is 0 Å². The molecule has 4 nitrogen and oxygen atoms in total. The van der Waals surface area contributed by atoms with Crippen LogP contribution in [0.5, 0.6) is 0 Å². The molecule has 1 aromatic heterocycles. The molecule has 2 aromatic rings. The third kappa shape index (κ3) is 4.56. The van der Waals surface area contributed by atoms with Crippen LogP contribution in [-0.2, 0) is 11.3 Å². The fourth-order valence-corrected chi connectivity index (χ4v) is 1.93. The van der Waals surface area contributed by atoms with Crippen LogP contribution in [0.15, 0.2) is 41.0 Å². The smallest absolute Gasteiger partial charge is 0.129 e. The second-order valence-corrected chi connectivity index (χ2v) is 5.02. The Hall–Kier alpha value is -1.49. The summed E-state index contributed by atoms with van der Waals surface area (Å²) in [7, 11) is 0. The number of aliphatic hydroxyl groups is 1. The van der Waals surface area contributed by atoms with Crippen molar-refractivity contribution in [1.29, 1.82) is 0 Å². The Morgan fingerprint density at radius 3 is 3.00 bits per heavy atom. The highest BCUT2D eigenvalue weighted by atomic mass is 35.5. The molecular formula is C15H18ClNO3. The Morgan fingerprint density at radius 2 is 2.25 bits per heavy atom. The Balaban J connectivity index is 1.71. The van der Waals surface area contributed by atoms with E-state index in [1.165, 1.54) is 0 Å². The summed E-state index contributed by atoms with van der Waals surface area (Å²) in [6.07, 6.45) is 1.00. The quantitative estimate of drug-likeness (QED) is 0.823. The molecule has 0 spiro atoms. The first kappa shape index (κ1) is 14.9. The maximum absolute atomic E-state index is 9.85. The Bertz CT molecular complexity index is 528. The number of hydrogen-bond donors (Lipinski definition) is 2. The highest BCUT2D eigenvalue weighted by Gasteiger charge is 2.06. The van der Waals surface area contributed by atoms with Crippen molar-refractivity contribution in [2.75, 3.05) is 18.5 Å². The van der Waals surface area contributed by atoms with Crippen molar-refractivity contribution in [1.82, 2.24) is 0 Å². The van der Waals surface area contributed by atoms with Gasteiger partial charge in [0.2, 0.25) is 0 Å². The molecule has 0 amide bonds. The second kappa shape index (κ2) is 7.33. The van der Waals surface area contributed by atoms with E-state index >= 15 is 0 Å². The number of ether oxygens (including phenoxy) is 1. The maximum Gasteiger partial charge on any atom is 0.129 e. The number of hydrogen-bond acceptors (Lipinski definition) is 4. The fourth-order valence-electron chi connectivity index (χ4n) is 1.76. The van der Waals surface area contributed by atoms with E-state index in [0.29, 0.717) is 18.2 Å². The van der Waals surface area contributed by atoms with Gasteiger partial charge in [-0.05, 0) is 36.8 Å². The Kier molecular flexibility index (Phi) is 5.47. The maximum atomic E-state index is 9.85. The van der Waals surface area contributed by atoms with E-state index in [-0.39, 0.29) is 6.61 Å². The number of aryl methyl sites for hydroxylation is 1. The largest absolute Gasteiger partial charge is 0.467 e. The fraction of sp³-hybridized carbons (Fsp3) is 0.333. The van der Waals surface area contributed by atoms with Gasteiger partial charge in [0.25, 0.3) is 0 Å². The summed E-state index contributed by atoms with van der Waals surface area (Å²) in [6.45, 7) is 2.99. The number of nitrogens with one attached hydrogen (secondary N) is 1. The van der Waals surface area contributed by atoms with E-state index in [2.05, 4.69) is 5.32 Å². The van der Waals surface area contributed by atoms with E-state index in [1.54, 1.807) is 12.3 Å². The zero-order valence-electron chi connectivity index (χ0n) is 11.3. The van der Waals surface area contributed by atoms with E-state index in [9.17, 15) is 5.11 Å². The summed E-state index contributed by atoms with van der Waals surface area (Å²) < 4.78 is 10.5. The second-order valence-electron chi connectivity index (χ2n) is 4.59. The molecule has 1 atom stereocenters. The van der Waals surface area contributed by atoms with E-state index in [4.69, 9.17) is 20.8 Å². The molecule has 1 heterocycles. The highest BCUT2D eigenvalue weighted by molar-refractivity contribution is 6.30. The summed E-state index contributed by atoms with van der Waals surface area (Å²) in [5, 5.41) is 13.7. The number of anilines is 1. The van der Waals surface area contributed by atoms with E-state index < -0.39 is 6.10 Å². The monoisotopic (exact) mass is 295 g/mol. The first-order valence-electron chi connectivity index (χ1n) is 6.43. The van der Waals surface area contributed by atoms with Gasteiger partial charge < -0.3 is 19.6 Å². The molecule has 5 heteroatoms. The summed E-state index contributed by atoms with van der Waals surface area (Å²) in [5.41, 5.74) is 2.00. The average molecular weight is 296 g/mol. The van der Waals surface area contributed by atoms with Crippen LogP contribution in [0.25, 0.3) is 0 Å². The third-order valence-electron chi connectivity index (χ3n) is 2.86. The van der Waals surface area contributed by atoms with Crippen LogP contribution < -0.4 is 5.32 Å².